The van der Waals surface area contributed by atoms with Crippen LogP contribution in [0.5, 0.6) is 17.2 Å². The topological polar surface area (TPSA) is 101 Å². The van der Waals surface area contributed by atoms with Gasteiger partial charge in [-0.05, 0) is 48.5 Å². The number of aromatic hydroxyl groups is 1. The van der Waals surface area contributed by atoms with Crippen LogP contribution in [0.25, 0.3) is 10.6 Å². The first kappa shape index (κ1) is 21.0. The molecule has 4 aromatic rings. The number of hydrogen-bond acceptors (Lipinski definition) is 6. The van der Waals surface area contributed by atoms with E-state index in [1.54, 1.807) is 60.8 Å². The summed E-state index contributed by atoms with van der Waals surface area (Å²) in [7, 11) is 0. The highest BCUT2D eigenvalue weighted by atomic mass is 35.5. The summed E-state index contributed by atoms with van der Waals surface area (Å²) in [6, 6.07) is 16.5. The number of halogens is 1. The minimum atomic E-state index is -0.300. The third kappa shape index (κ3) is 4.26. The Balaban J connectivity index is 1.29. The molecule has 33 heavy (non-hydrogen) atoms. The number of para-hydroxylation sites is 1. The Morgan fingerprint density at radius 3 is 2.79 bits per heavy atom. The Morgan fingerprint density at radius 1 is 1.09 bits per heavy atom. The normalized spacial score (nSPS) is 12.1. The predicted molar refractivity (Wildman–Crippen MR) is 126 cm³/mol. The lowest BCUT2D eigenvalue weighted by Crippen LogP contribution is -2.22. The van der Waals surface area contributed by atoms with Crippen molar-refractivity contribution in [1.82, 2.24) is 10.3 Å². The van der Waals surface area contributed by atoms with Gasteiger partial charge in [0.2, 0.25) is 0 Å². The fourth-order valence-electron chi connectivity index (χ4n) is 3.37. The number of thiazole rings is 1. The molecule has 2 amide bonds. The second kappa shape index (κ2) is 8.57. The molecule has 7 nitrogen and oxygen atoms in total. The maximum Gasteiger partial charge on any atom is 0.259 e. The number of benzene rings is 3. The molecule has 1 aliphatic rings. The van der Waals surface area contributed by atoms with Gasteiger partial charge in [-0.1, -0.05) is 23.7 Å². The van der Waals surface area contributed by atoms with Crippen molar-refractivity contribution in [1.29, 1.82) is 0 Å². The van der Waals surface area contributed by atoms with E-state index in [2.05, 4.69) is 15.6 Å². The highest BCUT2D eigenvalue weighted by Gasteiger charge is 2.21. The van der Waals surface area contributed by atoms with Gasteiger partial charge in [-0.25, -0.2) is 4.98 Å². The number of anilines is 1. The van der Waals surface area contributed by atoms with Gasteiger partial charge >= 0.3 is 0 Å². The van der Waals surface area contributed by atoms with Crippen molar-refractivity contribution in [3.05, 3.63) is 87.9 Å². The van der Waals surface area contributed by atoms with Crippen molar-refractivity contribution in [2.75, 3.05) is 5.32 Å². The standard InChI is InChI=1S/C24H16ClN3O4S/c25-18-10-14(29)6-7-16(18)24-27-12-15(33-24)11-26-22(30)13-5-8-21-19(9-13)28-23(31)17-3-1-2-4-20(17)32-21/h1-10,12,29H,11H2,(H,26,30)(H,28,31). The fourth-order valence-corrected chi connectivity index (χ4v) is 4.58. The molecule has 3 N–H and O–H groups in total. The number of carbonyl (C=O) groups is 2. The van der Waals surface area contributed by atoms with Gasteiger partial charge in [-0.2, -0.15) is 0 Å². The van der Waals surface area contributed by atoms with E-state index in [-0.39, 0.29) is 24.1 Å². The SMILES string of the molecule is O=C(NCc1cnc(-c2ccc(O)cc2Cl)s1)c1ccc2c(c1)NC(=O)c1ccccc1O2. The van der Waals surface area contributed by atoms with Crippen molar-refractivity contribution >= 4 is 40.4 Å². The largest absolute Gasteiger partial charge is 0.508 e. The molecule has 0 unspecified atom stereocenters. The van der Waals surface area contributed by atoms with E-state index in [4.69, 9.17) is 16.3 Å². The Morgan fingerprint density at radius 2 is 1.94 bits per heavy atom. The lowest BCUT2D eigenvalue weighted by Gasteiger charge is -2.10. The van der Waals surface area contributed by atoms with E-state index in [0.29, 0.717) is 43.9 Å². The van der Waals surface area contributed by atoms with Crippen LogP contribution in [0.2, 0.25) is 5.02 Å². The van der Waals surface area contributed by atoms with Crippen molar-refractivity contribution in [3.8, 4) is 27.8 Å². The summed E-state index contributed by atoms with van der Waals surface area (Å²) in [5.74, 6) is 0.404. The molecule has 9 heteroatoms. The first-order valence-corrected chi connectivity index (χ1v) is 11.1. The monoisotopic (exact) mass is 477 g/mol. The first-order valence-electron chi connectivity index (χ1n) is 9.92. The molecule has 1 aliphatic heterocycles. The number of aromatic nitrogens is 1. The molecule has 164 valence electrons. The molecule has 0 radical (unpaired) electrons. The Labute approximate surface area is 197 Å². The average Bonchev–Trinajstić information content (AvgIpc) is 3.22. The van der Waals surface area contributed by atoms with Gasteiger partial charge in [-0.15, -0.1) is 11.3 Å². The number of carbonyl (C=O) groups excluding carboxylic acids is 2. The molecular formula is C24H16ClN3O4S. The Bertz CT molecular complexity index is 1400. The molecule has 1 aromatic heterocycles. The van der Waals surface area contributed by atoms with E-state index in [1.807, 2.05) is 0 Å². The summed E-state index contributed by atoms with van der Waals surface area (Å²) in [5, 5.41) is 16.3. The van der Waals surface area contributed by atoms with Crippen molar-refractivity contribution in [2.24, 2.45) is 0 Å². The maximum absolute atomic E-state index is 12.7. The second-order valence-corrected chi connectivity index (χ2v) is 8.76. The summed E-state index contributed by atoms with van der Waals surface area (Å²) in [4.78, 5) is 30.4. The quantitative estimate of drug-likeness (QED) is 0.362. The van der Waals surface area contributed by atoms with E-state index in [0.717, 1.165) is 4.88 Å². The summed E-state index contributed by atoms with van der Waals surface area (Å²) >= 11 is 7.58. The zero-order chi connectivity index (χ0) is 22.9. The molecule has 0 saturated carbocycles. The molecule has 0 aliphatic carbocycles. The first-order chi connectivity index (χ1) is 16.0. The number of phenols is 1. The molecule has 0 saturated heterocycles. The van der Waals surface area contributed by atoms with Gasteiger partial charge in [0.15, 0.2) is 5.75 Å². The van der Waals surface area contributed by atoms with Gasteiger partial charge in [0, 0.05) is 22.2 Å². The minimum Gasteiger partial charge on any atom is -0.508 e. The Hall–Kier alpha value is -3.88. The number of phenolic OH excluding ortho intramolecular Hbond substituents is 1. The smallest absolute Gasteiger partial charge is 0.259 e. The van der Waals surface area contributed by atoms with Crippen LogP contribution in [0, 0.1) is 0 Å². The van der Waals surface area contributed by atoms with E-state index < -0.39 is 0 Å². The van der Waals surface area contributed by atoms with E-state index >= 15 is 0 Å². The molecule has 2 heterocycles. The van der Waals surface area contributed by atoms with Crippen molar-refractivity contribution in [2.45, 2.75) is 6.54 Å². The fraction of sp³-hybridized carbons (Fsp3) is 0.0417. The van der Waals surface area contributed by atoms with Crippen LogP contribution in [-0.4, -0.2) is 21.9 Å². The zero-order valence-corrected chi connectivity index (χ0v) is 18.5. The highest BCUT2D eigenvalue weighted by Crippen LogP contribution is 2.36. The number of hydrogen-bond donors (Lipinski definition) is 3. The van der Waals surface area contributed by atoms with Crippen LogP contribution >= 0.6 is 22.9 Å². The lowest BCUT2D eigenvalue weighted by atomic mass is 10.1. The predicted octanol–water partition coefficient (Wildman–Crippen LogP) is 5.46. The van der Waals surface area contributed by atoms with Gasteiger partial charge in [0.05, 0.1) is 22.8 Å². The summed E-state index contributed by atoms with van der Waals surface area (Å²) in [6.45, 7) is 0.275. The van der Waals surface area contributed by atoms with Gasteiger partial charge < -0.3 is 20.5 Å². The van der Waals surface area contributed by atoms with Crippen LogP contribution in [-0.2, 0) is 6.54 Å². The van der Waals surface area contributed by atoms with Crippen molar-refractivity contribution < 1.29 is 19.4 Å². The minimum absolute atomic E-state index is 0.0824. The van der Waals surface area contributed by atoms with Crippen LogP contribution in [0.15, 0.2) is 66.9 Å². The molecule has 0 spiro atoms. The second-order valence-electron chi connectivity index (χ2n) is 7.24. The third-order valence-corrected chi connectivity index (χ3v) is 6.34. The van der Waals surface area contributed by atoms with Gasteiger partial charge in [0.1, 0.15) is 16.5 Å². The van der Waals surface area contributed by atoms with E-state index in [9.17, 15) is 14.7 Å². The number of rotatable bonds is 4. The van der Waals surface area contributed by atoms with Crippen LogP contribution in [0.4, 0.5) is 5.69 Å². The molecule has 0 fully saturated rings. The van der Waals surface area contributed by atoms with E-state index in [1.165, 1.54) is 17.4 Å². The van der Waals surface area contributed by atoms with Crippen LogP contribution in [0.3, 0.4) is 0 Å². The number of amides is 2. The summed E-state index contributed by atoms with van der Waals surface area (Å²) in [6.07, 6.45) is 1.67. The molecule has 3 aromatic carbocycles. The molecule has 0 atom stereocenters. The van der Waals surface area contributed by atoms with Crippen LogP contribution in [0.1, 0.15) is 25.6 Å². The maximum atomic E-state index is 12.7. The lowest BCUT2D eigenvalue weighted by molar-refractivity contribution is 0.0950. The van der Waals surface area contributed by atoms with Crippen molar-refractivity contribution in [3.63, 3.8) is 0 Å². The molecule has 5 rings (SSSR count). The number of fused-ring (bicyclic) bond motifs is 2. The average molecular weight is 478 g/mol. The summed E-state index contributed by atoms with van der Waals surface area (Å²) < 4.78 is 5.85. The zero-order valence-electron chi connectivity index (χ0n) is 17.0. The number of ether oxygens (including phenoxy) is 1. The number of nitrogens with one attached hydrogen (secondary N) is 2. The number of nitrogens with zero attached hydrogens (tertiary/aromatic N) is 1. The summed E-state index contributed by atoms with van der Waals surface area (Å²) in [5.41, 5.74) is 1.94. The van der Waals surface area contributed by atoms with Gasteiger partial charge in [-0.3, -0.25) is 9.59 Å². The highest BCUT2D eigenvalue weighted by molar-refractivity contribution is 7.15. The molecule has 0 bridgehead atoms. The third-order valence-electron chi connectivity index (χ3n) is 5.00. The Kier molecular flexibility index (Phi) is 5.45. The van der Waals surface area contributed by atoms with Gasteiger partial charge in [0.25, 0.3) is 11.8 Å². The molecular weight excluding hydrogens is 462 g/mol. The van der Waals surface area contributed by atoms with Crippen LogP contribution < -0.4 is 15.4 Å².